The third-order valence-electron chi connectivity index (χ3n) is 3.59. The van der Waals surface area contributed by atoms with Crippen LogP contribution >= 0.6 is 0 Å². The van der Waals surface area contributed by atoms with Gasteiger partial charge in [0.15, 0.2) is 11.6 Å². The number of halogens is 1. The van der Waals surface area contributed by atoms with Crippen molar-refractivity contribution in [1.29, 1.82) is 0 Å². The van der Waals surface area contributed by atoms with Crippen molar-refractivity contribution < 1.29 is 13.9 Å². The Labute approximate surface area is 113 Å². The van der Waals surface area contributed by atoms with Gasteiger partial charge in [-0.05, 0) is 43.7 Å². The Kier molecular flexibility index (Phi) is 4.77. The van der Waals surface area contributed by atoms with E-state index in [-0.39, 0.29) is 23.7 Å². The fourth-order valence-electron chi connectivity index (χ4n) is 2.47. The molecule has 2 atom stereocenters. The van der Waals surface area contributed by atoms with E-state index >= 15 is 0 Å². The van der Waals surface area contributed by atoms with Crippen molar-refractivity contribution in [2.75, 3.05) is 13.7 Å². The maximum absolute atomic E-state index is 14.1. The predicted octanol–water partition coefficient (Wildman–Crippen LogP) is 2.52. The average molecular weight is 267 g/mol. The molecule has 19 heavy (non-hydrogen) atoms. The Morgan fingerprint density at radius 1 is 1.42 bits per heavy atom. The van der Waals surface area contributed by atoms with Crippen LogP contribution in [0, 0.1) is 11.7 Å². The summed E-state index contributed by atoms with van der Waals surface area (Å²) < 4.78 is 24.8. The summed E-state index contributed by atoms with van der Waals surface area (Å²) in [6.45, 7) is 2.61. The summed E-state index contributed by atoms with van der Waals surface area (Å²) in [5, 5.41) is 0. The van der Waals surface area contributed by atoms with Crippen molar-refractivity contribution in [3.05, 3.63) is 29.6 Å². The van der Waals surface area contributed by atoms with Crippen molar-refractivity contribution in [2.45, 2.75) is 38.3 Å². The van der Waals surface area contributed by atoms with Gasteiger partial charge in [-0.2, -0.15) is 0 Å². The second kappa shape index (κ2) is 6.35. The van der Waals surface area contributed by atoms with Gasteiger partial charge in [0, 0.05) is 12.6 Å². The van der Waals surface area contributed by atoms with Crippen LogP contribution in [0.25, 0.3) is 0 Å². The average Bonchev–Trinajstić information content (AvgIpc) is 3.22. The van der Waals surface area contributed by atoms with Gasteiger partial charge < -0.3 is 15.2 Å². The van der Waals surface area contributed by atoms with Gasteiger partial charge in [0.25, 0.3) is 0 Å². The molecule has 1 aromatic carbocycles. The molecule has 0 radical (unpaired) electrons. The van der Waals surface area contributed by atoms with Crippen LogP contribution in [0.15, 0.2) is 18.2 Å². The summed E-state index contributed by atoms with van der Waals surface area (Å²) in [6, 6.07) is 4.99. The first-order valence-corrected chi connectivity index (χ1v) is 6.86. The zero-order valence-electron chi connectivity index (χ0n) is 11.6. The highest BCUT2D eigenvalue weighted by Crippen LogP contribution is 2.36. The first-order valence-electron chi connectivity index (χ1n) is 6.86. The Hall–Kier alpha value is -1.13. The van der Waals surface area contributed by atoms with E-state index in [9.17, 15) is 4.39 Å². The highest BCUT2D eigenvalue weighted by atomic mass is 19.1. The molecule has 1 aliphatic carbocycles. The second-order valence-electron chi connectivity index (χ2n) is 5.06. The smallest absolute Gasteiger partial charge is 0.168 e. The molecule has 1 saturated carbocycles. The monoisotopic (exact) mass is 267 g/mol. The molecule has 1 aliphatic rings. The molecule has 1 fully saturated rings. The van der Waals surface area contributed by atoms with Crippen LogP contribution in [0.1, 0.15) is 25.3 Å². The quantitative estimate of drug-likeness (QED) is 0.825. The third-order valence-corrected chi connectivity index (χ3v) is 3.59. The fourth-order valence-corrected chi connectivity index (χ4v) is 2.47. The van der Waals surface area contributed by atoms with Gasteiger partial charge in [0.1, 0.15) is 0 Å². The number of nitrogens with two attached hydrogens (primary N) is 1. The fraction of sp³-hybridized carbons (Fsp3) is 0.600. The first-order chi connectivity index (χ1) is 9.17. The SMILES string of the molecule is CCOC(C(N)Cc1cccc(OC)c1F)C1CC1. The molecule has 3 nitrogen and oxygen atoms in total. The minimum absolute atomic E-state index is 0.0376. The van der Waals surface area contributed by atoms with Gasteiger partial charge in [-0.3, -0.25) is 0 Å². The van der Waals surface area contributed by atoms with Crippen molar-refractivity contribution in [2.24, 2.45) is 11.7 Å². The molecule has 2 unspecified atom stereocenters. The Balaban J connectivity index is 2.06. The predicted molar refractivity (Wildman–Crippen MR) is 72.8 cm³/mol. The lowest BCUT2D eigenvalue weighted by molar-refractivity contribution is 0.0286. The molecular weight excluding hydrogens is 245 g/mol. The lowest BCUT2D eigenvalue weighted by Crippen LogP contribution is -2.40. The van der Waals surface area contributed by atoms with Gasteiger partial charge in [0.05, 0.1) is 13.2 Å². The molecular formula is C15H22FNO2. The summed E-state index contributed by atoms with van der Waals surface area (Å²) >= 11 is 0. The highest BCUT2D eigenvalue weighted by molar-refractivity contribution is 5.31. The lowest BCUT2D eigenvalue weighted by atomic mass is 9.98. The second-order valence-corrected chi connectivity index (χ2v) is 5.06. The Bertz CT molecular complexity index is 421. The van der Waals surface area contributed by atoms with E-state index in [1.165, 1.54) is 20.0 Å². The molecule has 4 heteroatoms. The number of hydrogen-bond donors (Lipinski definition) is 1. The minimum Gasteiger partial charge on any atom is -0.494 e. The van der Waals surface area contributed by atoms with Gasteiger partial charge in [-0.1, -0.05) is 12.1 Å². The molecule has 1 aromatic rings. The number of hydrogen-bond acceptors (Lipinski definition) is 3. The topological polar surface area (TPSA) is 44.5 Å². The lowest BCUT2D eigenvalue weighted by Gasteiger charge is -2.24. The van der Waals surface area contributed by atoms with E-state index in [2.05, 4.69) is 0 Å². The van der Waals surface area contributed by atoms with Gasteiger partial charge in [0.2, 0.25) is 0 Å². The number of methoxy groups -OCH3 is 1. The number of rotatable bonds is 7. The van der Waals surface area contributed by atoms with Crippen LogP contribution in [0.3, 0.4) is 0 Å². The third kappa shape index (κ3) is 3.45. The van der Waals surface area contributed by atoms with E-state index in [1.807, 2.05) is 6.92 Å². The molecule has 0 spiro atoms. The van der Waals surface area contributed by atoms with Crippen LogP contribution < -0.4 is 10.5 Å². The highest BCUT2D eigenvalue weighted by Gasteiger charge is 2.36. The Morgan fingerprint density at radius 2 is 2.16 bits per heavy atom. The van der Waals surface area contributed by atoms with Crippen LogP contribution in [0.5, 0.6) is 5.75 Å². The zero-order chi connectivity index (χ0) is 13.8. The maximum atomic E-state index is 14.1. The minimum atomic E-state index is -0.313. The van der Waals surface area contributed by atoms with Gasteiger partial charge in [-0.25, -0.2) is 4.39 Å². The standard InChI is InChI=1S/C15H22FNO2/c1-3-19-15(10-7-8-10)12(17)9-11-5-4-6-13(18-2)14(11)16/h4-6,10,12,15H,3,7-9,17H2,1-2H3. The first kappa shape index (κ1) is 14.3. The largest absolute Gasteiger partial charge is 0.494 e. The molecule has 0 bridgehead atoms. The van der Waals surface area contributed by atoms with Crippen molar-refractivity contribution in [3.8, 4) is 5.75 Å². The van der Waals surface area contributed by atoms with Crippen molar-refractivity contribution >= 4 is 0 Å². The van der Waals surface area contributed by atoms with E-state index in [4.69, 9.17) is 15.2 Å². The van der Waals surface area contributed by atoms with Gasteiger partial charge >= 0.3 is 0 Å². The molecule has 0 amide bonds. The van der Waals surface area contributed by atoms with Crippen LogP contribution in [0.4, 0.5) is 4.39 Å². The van der Waals surface area contributed by atoms with E-state index in [0.717, 1.165) is 0 Å². The summed E-state index contributed by atoms with van der Waals surface area (Å²) in [5.74, 6) is 0.499. The van der Waals surface area contributed by atoms with Crippen molar-refractivity contribution in [3.63, 3.8) is 0 Å². The molecule has 0 saturated heterocycles. The summed E-state index contributed by atoms with van der Waals surface area (Å²) in [6.07, 6.45) is 2.85. The molecule has 0 aliphatic heterocycles. The summed E-state index contributed by atoms with van der Waals surface area (Å²) in [7, 11) is 1.47. The maximum Gasteiger partial charge on any atom is 0.168 e. The number of ether oxygens (including phenoxy) is 2. The van der Waals surface area contributed by atoms with Gasteiger partial charge in [-0.15, -0.1) is 0 Å². The molecule has 106 valence electrons. The molecule has 2 rings (SSSR count). The van der Waals surface area contributed by atoms with E-state index < -0.39 is 0 Å². The summed E-state index contributed by atoms with van der Waals surface area (Å²) in [5.41, 5.74) is 6.80. The number of benzene rings is 1. The van der Waals surface area contributed by atoms with Crippen molar-refractivity contribution in [1.82, 2.24) is 0 Å². The molecule has 0 aromatic heterocycles. The zero-order valence-corrected chi connectivity index (χ0v) is 11.6. The molecule has 2 N–H and O–H groups in total. The Morgan fingerprint density at radius 3 is 2.74 bits per heavy atom. The van der Waals surface area contributed by atoms with Crippen LogP contribution in [-0.2, 0) is 11.2 Å². The normalized spacial score (nSPS) is 18.1. The molecule has 0 heterocycles. The van der Waals surface area contributed by atoms with Crippen LogP contribution in [0.2, 0.25) is 0 Å². The summed E-state index contributed by atoms with van der Waals surface area (Å²) in [4.78, 5) is 0. The van der Waals surface area contributed by atoms with E-state index in [0.29, 0.717) is 24.5 Å². The van der Waals surface area contributed by atoms with E-state index in [1.54, 1.807) is 18.2 Å². The van der Waals surface area contributed by atoms with Crippen LogP contribution in [-0.4, -0.2) is 25.9 Å².